The van der Waals surface area contributed by atoms with Crippen molar-refractivity contribution in [1.82, 2.24) is 0 Å². The smallest absolute Gasteiger partial charge is 0.0780 e. The van der Waals surface area contributed by atoms with Gasteiger partial charge in [0.2, 0.25) is 0 Å². The van der Waals surface area contributed by atoms with Crippen LogP contribution in [0.25, 0.3) is 0 Å². The largest absolute Gasteiger partial charge is 0.198 e. The van der Waals surface area contributed by atoms with E-state index in [4.69, 9.17) is 5.26 Å². The lowest BCUT2D eigenvalue weighted by Gasteiger charge is -1.97. The zero-order valence-corrected chi connectivity index (χ0v) is 6.90. The van der Waals surface area contributed by atoms with Crippen molar-refractivity contribution in [1.29, 1.82) is 5.26 Å². The third-order valence-electron chi connectivity index (χ3n) is 1.49. The molecule has 10 heavy (non-hydrogen) atoms. The van der Waals surface area contributed by atoms with E-state index in [0.29, 0.717) is 0 Å². The quantitative estimate of drug-likeness (QED) is 0.605. The normalized spacial score (nSPS) is 12.5. The topological polar surface area (TPSA) is 23.8 Å². The first-order valence-electron chi connectivity index (χ1n) is 3.19. The third kappa shape index (κ3) is 1.19. The highest BCUT2D eigenvalue weighted by Crippen LogP contribution is 2.24. The summed E-state index contributed by atoms with van der Waals surface area (Å²) in [6.45, 7) is 3.97. The van der Waals surface area contributed by atoms with E-state index in [1.165, 1.54) is 10.4 Å². The molecule has 1 aromatic rings. The lowest BCUT2D eigenvalue weighted by molar-refractivity contribution is 0.998. The molecule has 0 fully saturated rings. The molecule has 52 valence electrons. The van der Waals surface area contributed by atoms with E-state index in [9.17, 15) is 0 Å². The molecule has 1 nitrogen and oxygen atoms in total. The van der Waals surface area contributed by atoms with Crippen LogP contribution in [0.4, 0.5) is 0 Å². The summed E-state index contributed by atoms with van der Waals surface area (Å²) in [4.78, 5) is 1.20. The highest BCUT2D eigenvalue weighted by molar-refractivity contribution is 7.10. The molecule has 0 aliphatic carbocycles. The Morgan fingerprint density at radius 2 is 2.40 bits per heavy atom. The molecule has 1 aromatic heterocycles. The fourth-order valence-electron chi connectivity index (χ4n) is 0.887. The molecule has 0 spiro atoms. The molecule has 0 saturated heterocycles. The third-order valence-corrected chi connectivity index (χ3v) is 2.69. The number of hydrogen-bond donors (Lipinski definition) is 0. The van der Waals surface area contributed by atoms with Gasteiger partial charge in [-0.15, -0.1) is 11.3 Å². The Balaban J connectivity index is 2.96. The van der Waals surface area contributed by atoms with Crippen LogP contribution in [-0.2, 0) is 0 Å². The van der Waals surface area contributed by atoms with E-state index in [1.807, 2.05) is 25.3 Å². The summed E-state index contributed by atoms with van der Waals surface area (Å²) in [5.41, 5.74) is 1.24. The van der Waals surface area contributed by atoms with Gasteiger partial charge in [-0.05, 0) is 30.9 Å². The molecule has 0 aliphatic rings. The highest BCUT2D eigenvalue weighted by Gasteiger charge is 2.06. The average Bonchev–Trinajstić information content (AvgIpc) is 2.34. The molecule has 0 radical (unpaired) electrons. The molecule has 0 amide bonds. The van der Waals surface area contributed by atoms with Gasteiger partial charge >= 0.3 is 0 Å². The predicted molar refractivity (Wildman–Crippen MR) is 43.1 cm³/mol. The summed E-state index contributed by atoms with van der Waals surface area (Å²) in [6.07, 6.45) is 0. The van der Waals surface area contributed by atoms with Crippen LogP contribution in [0.3, 0.4) is 0 Å². The van der Waals surface area contributed by atoms with Gasteiger partial charge < -0.3 is 0 Å². The Bertz CT molecular complexity index is 256. The van der Waals surface area contributed by atoms with E-state index in [-0.39, 0.29) is 5.92 Å². The molecule has 0 bridgehead atoms. The lowest BCUT2D eigenvalue weighted by atomic mass is 10.1. The summed E-state index contributed by atoms with van der Waals surface area (Å²) in [5, 5.41) is 10.6. The molecule has 1 rings (SSSR count). The van der Waals surface area contributed by atoms with E-state index >= 15 is 0 Å². The van der Waals surface area contributed by atoms with Gasteiger partial charge in [-0.2, -0.15) is 5.26 Å². The second-order valence-electron chi connectivity index (χ2n) is 2.32. The van der Waals surface area contributed by atoms with Gasteiger partial charge in [-0.3, -0.25) is 0 Å². The van der Waals surface area contributed by atoms with Crippen molar-refractivity contribution < 1.29 is 0 Å². The Hall–Kier alpha value is -0.810. The molecular weight excluding hydrogens is 142 g/mol. The van der Waals surface area contributed by atoms with Gasteiger partial charge in [0, 0.05) is 4.88 Å². The molecule has 0 aromatic carbocycles. The summed E-state index contributed by atoms with van der Waals surface area (Å²) in [6, 6.07) is 4.27. The van der Waals surface area contributed by atoms with Gasteiger partial charge in [0.25, 0.3) is 0 Å². The number of nitrogens with zero attached hydrogens (tertiary/aromatic N) is 1. The minimum absolute atomic E-state index is 0.0556. The average molecular weight is 151 g/mol. The molecule has 0 N–H and O–H groups in total. The fraction of sp³-hybridized carbons (Fsp3) is 0.375. The molecule has 1 heterocycles. The van der Waals surface area contributed by atoms with E-state index in [2.05, 4.69) is 6.07 Å². The first-order chi connectivity index (χ1) is 4.75. The van der Waals surface area contributed by atoms with Gasteiger partial charge in [0.1, 0.15) is 0 Å². The van der Waals surface area contributed by atoms with Crippen LogP contribution in [0.2, 0.25) is 0 Å². The number of aryl methyl sites for hydroxylation is 1. The molecule has 0 aliphatic heterocycles. The number of hydrogen-bond acceptors (Lipinski definition) is 2. The van der Waals surface area contributed by atoms with E-state index in [1.54, 1.807) is 11.3 Å². The minimum Gasteiger partial charge on any atom is -0.198 e. The maximum atomic E-state index is 8.59. The molecule has 1 atom stereocenters. The lowest BCUT2D eigenvalue weighted by Crippen LogP contribution is -1.85. The Labute approximate surface area is 64.9 Å². The van der Waals surface area contributed by atoms with Crippen molar-refractivity contribution in [3.8, 4) is 6.07 Å². The van der Waals surface area contributed by atoms with Crippen LogP contribution < -0.4 is 0 Å². The predicted octanol–water partition coefficient (Wildman–Crippen LogP) is 2.68. The SMILES string of the molecule is Cc1ccsc1C(C)C#N. The number of nitriles is 1. The van der Waals surface area contributed by atoms with E-state index in [0.717, 1.165) is 0 Å². The first-order valence-corrected chi connectivity index (χ1v) is 4.07. The van der Waals surface area contributed by atoms with Gasteiger partial charge in [-0.25, -0.2) is 0 Å². The van der Waals surface area contributed by atoms with Crippen molar-refractivity contribution in [2.24, 2.45) is 0 Å². The number of rotatable bonds is 1. The monoisotopic (exact) mass is 151 g/mol. The van der Waals surface area contributed by atoms with Crippen molar-refractivity contribution in [2.45, 2.75) is 19.8 Å². The van der Waals surface area contributed by atoms with Crippen molar-refractivity contribution in [3.63, 3.8) is 0 Å². The second kappa shape index (κ2) is 2.85. The van der Waals surface area contributed by atoms with Crippen molar-refractivity contribution in [2.75, 3.05) is 0 Å². The molecular formula is C8H9NS. The molecule has 2 heteroatoms. The standard InChI is InChI=1S/C8H9NS/c1-6-3-4-10-8(6)7(2)5-9/h3-4,7H,1-2H3. The van der Waals surface area contributed by atoms with E-state index < -0.39 is 0 Å². The molecule has 0 saturated carbocycles. The Kier molecular flexibility index (Phi) is 2.08. The zero-order valence-electron chi connectivity index (χ0n) is 6.09. The maximum absolute atomic E-state index is 8.59. The summed E-state index contributed by atoms with van der Waals surface area (Å²) in [5.74, 6) is 0.0556. The number of thiophene rings is 1. The summed E-state index contributed by atoms with van der Waals surface area (Å²) < 4.78 is 0. The van der Waals surface area contributed by atoms with Crippen molar-refractivity contribution in [3.05, 3.63) is 21.9 Å². The first kappa shape index (κ1) is 7.30. The fourth-order valence-corrected chi connectivity index (χ4v) is 1.82. The van der Waals surface area contributed by atoms with Crippen molar-refractivity contribution >= 4 is 11.3 Å². The van der Waals surface area contributed by atoms with Gasteiger partial charge in [0.15, 0.2) is 0 Å². The summed E-state index contributed by atoms with van der Waals surface area (Å²) >= 11 is 1.66. The van der Waals surface area contributed by atoms with Crippen LogP contribution in [0, 0.1) is 18.3 Å². The zero-order chi connectivity index (χ0) is 7.56. The van der Waals surface area contributed by atoms with Crippen LogP contribution in [0.15, 0.2) is 11.4 Å². The van der Waals surface area contributed by atoms with Crippen LogP contribution >= 0.6 is 11.3 Å². The minimum atomic E-state index is 0.0556. The van der Waals surface area contributed by atoms with Gasteiger partial charge in [0.05, 0.1) is 12.0 Å². The highest BCUT2D eigenvalue weighted by atomic mass is 32.1. The Morgan fingerprint density at radius 3 is 2.80 bits per heavy atom. The van der Waals surface area contributed by atoms with Crippen LogP contribution in [0.5, 0.6) is 0 Å². The van der Waals surface area contributed by atoms with Crippen LogP contribution in [-0.4, -0.2) is 0 Å². The molecule has 1 unspecified atom stereocenters. The Morgan fingerprint density at radius 1 is 1.70 bits per heavy atom. The maximum Gasteiger partial charge on any atom is 0.0780 e. The summed E-state index contributed by atoms with van der Waals surface area (Å²) in [7, 11) is 0. The van der Waals surface area contributed by atoms with Gasteiger partial charge in [-0.1, -0.05) is 0 Å². The van der Waals surface area contributed by atoms with Crippen LogP contribution in [0.1, 0.15) is 23.3 Å². The second-order valence-corrected chi connectivity index (χ2v) is 3.27.